The van der Waals surface area contributed by atoms with Crippen LogP contribution in [0.15, 0.2) is 36.7 Å². The van der Waals surface area contributed by atoms with Crippen molar-refractivity contribution in [2.24, 2.45) is 0 Å². The molecule has 0 amide bonds. The lowest BCUT2D eigenvalue weighted by atomic mass is 9.79. The molecule has 0 unspecified atom stereocenters. The highest BCUT2D eigenvalue weighted by atomic mass is 16.7. The van der Waals surface area contributed by atoms with Crippen molar-refractivity contribution in [3.63, 3.8) is 0 Å². The minimum absolute atomic E-state index is 0.263. The van der Waals surface area contributed by atoms with Crippen LogP contribution in [0.2, 0.25) is 0 Å². The lowest BCUT2D eigenvalue weighted by Gasteiger charge is -2.32. The monoisotopic (exact) mass is 328 g/mol. The third-order valence-corrected chi connectivity index (χ3v) is 4.46. The first-order valence-corrected chi connectivity index (χ1v) is 7.81. The van der Waals surface area contributed by atoms with Gasteiger partial charge in [0.1, 0.15) is 0 Å². The van der Waals surface area contributed by atoms with E-state index in [1.165, 1.54) is 0 Å². The van der Waals surface area contributed by atoms with Gasteiger partial charge in [-0.2, -0.15) is 0 Å². The Hall–Kier alpha value is -2.12. The summed E-state index contributed by atoms with van der Waals surface area (Å²) < 4.78 is 23.2. The summed E-state index contributed by atoms with van der Waals surface area (Å²) in [6, 6.07) is 7.53. The van der Waals surface area contributed by atoms with Gasteiger partial charge in [0.2, 0.25) is 0 Å². The summed E-state index contributed by atoms with van der Waals surface area (Å²) in [5, 5.41) is 0. The molecule has 2 aromatic rings. The molecule has 1 aromatic carbocycles. The lowest BCUT2D eigenvalue weighted by molar-refractivity contribution is 0.00578. The molecule has 1 saturated heterocycles. The van der Waals surface area contributed by atoms with Gasteiger partial charge < -0.3 is 18.8 Å². The zero-order valence-electron chi connectivity index (χ0n) is 14.6. The molecule has 1 aliphatic rings. The van der Waals surface area contributed by atoms with E-state index in [0.29, 0.717) is 11.5 Å². The van der Waals surface area contributed by atoms with Crippen LogP contribution in [0.1, 0.15) is 27.7 Å². The summed E-state index contributed by atoms with van der Waals surface area (Å²) in [5.74, 6) is 1.10. The van der Waals surface area contributed by atoms with E-state index in [2.05, 4.69) is 9.97 Å². The van der Waals surface area contributed by atoms with Crippen molar-refractivity contribution in [2.45, 2.75) is 38.9 Å². The molecule has 3 rings (SSSR count). The summed E-state index contributed by atoms with van der Waals surface area (Å²) in [6.07, 6.45) is 3.24. The fourth-order valence-corrected chi connectivity index (χ4v) is 2.33. The molecule has 0 aliphatic carbocycles. The molecule has 1 aliphatic heterocycles. The van der Waals surface area contributed by atoms with E-state index >= 15 is 0 Å². The Kier molecular flexibility index (Phi) is 4.23. The number of hydrogen-bond acceptors (Lipinski definition) is 6. The first kappa shape index (κ1) is 16.7. The number of aromatic nitrogens is 2. The second-order valence-corrected chi connectivity index (χ2v) is 6.63. The predicted octanol–water partition coefficient (Wildman–Crippen LogP) is 2.58. The number of nitrogens with zero attached hydrogens (tertiary/aromatic N) is 2. The van der Waals surface area contributed by atoms with Crippen LogP contribution in [0.4, 0.5) is 0 Å². The molecule has 0 spiro atoms. The standard InChI is InChI=1S/C17H21BN2O4/c1-16(2)17(3,4)24-18(23-16)12-7-8-13(14(11-12)21-5)22-15-19-9-6-10-20-15/h6-11H,1-5H3. The van der Waals surface area contributed by atoms with Crippen LogP contribution in [0.25, 0.3) is 0 Å². The highest BCUT2D eigenvalue weighted by Gasteiger charge is 2.51. The number of hydrogen-bond donors (Lipinski definition) is 0. The molecule has 6 nitrogen and oxygen atoms in total. The fourth-order valence-electron chi connectivity index (χ4n) is 2.33. The average Bonchev–Trinajstić information content (AvgIpc) is 2.77. The number of methoxy groups -OCH3 is 1. The summed E-state index contributed by atoms with van der Waals surface area (Å²) in [7, 11) is 1.13. The van der Waals surface area contributed by atoms with Gasteiger partial charge in [-0.1, -0.05) is 6.07 Å². The molecular formula is C17H21BN2O4. The first-order valence-electron chi connectivity index (χ1n) is 7.81. The zero-order valence-corrected chi connectivity index (χ0v) is 14.6. The Morgan fingerprint density at radius 3 is 2.17 bits per heavy atom. The normalized spacial score (nSPS) is 18.5. The van der Waals surface area contributed by atoms with E-state index in [1.807, 2.05) is 39.8 Å². The predicted molar refractivity (Wildman–Crippen MR) is 90.8 cm³/mol. The van der Waals surface area contributed by atoms with Gasteiger partial charge >= 0.3 is 13.1 Å². The maximum Gasteiger partial charge on any atom is 0.494 e. The van der Waals surface area contributed by atoms with Gasteiger partial charge in [0.05, 0.1) is 18.3 Å². The van der Waals surface area contributed by atoms with Gasteiger partial charge in [-0.15, -0.1) is 0 Å². The molecule has 0 atom stereocenters. The second kappa shape index (κ2) is 6.07. The smallest absolute Gasteiger partial charge is 0.493 e. The number of rotatable bonds is 4. The molecule has 24 heavy (non-hydrogen) atoms. The van der Waals surface area contributed by atoms with E-state index in [0.717, 1.165) is 5.46 Å². The van der Waals surface area contributed by atoms with E-state index < -0.39 is 18.3 Å². The van der Waals surface area contributed by atoms with Gasteiger partial charge in [0, 0.05) is 12.4 Å². The van der Waals surface area contributed by atoms with Crippen molar-refractivity contribution < 1.29 is 18.8 Å². The van der Waals surface area contributed by atoms with Crippen LogP contribution in [0.5, 0.6) is 17.5 Å². The Bertz CT molecular complexity index is 706. The van der Waals surface area contributed by atoms with Gasteiger partial charge in [0.25, 0.3) is 0 Å². The Labute approximate surface area is 142 Å². The quantitative estimate of drug-likeness (QED) is 0.804. The van der Waals surface area contributed by atoms with Crippen molar-refractivity contribution in [1.82, 2.24) is 9.97 Å². The molecule has 7 heteroatoms. The van der Waals surface area contributed by atoms with Crippen LogP contribution in [0, 0.1) is 0 Å². The SMILES string of the molecule is COc1cc(B2OC(C)(C)C(C)(C)O2)ccc1Oc1ncccn1. The Balaban J connectivity index is 1.85. The van der Waals surface area contributed by atoms with Gasteiger partial charge in [0.15, 0.2) is 11.5 Å². The van der Waals surface area contributed by atoms with Crippen LogP contribution in [-0.4, -0.2) is 35.4 Å². The van der Waals surface area contributed by atoms with Crippen LogP contribution in [-0.2, 0) is 9.31 Å². The molecule has 126 valence electrons. The van der Waals surface area contributed by atoms with E-state index in [1.54, 1.807) is 31.6 Å². The average molecular weight is 328 g/mol. The van der Waals surface area contributed by atoms with Crippen LogP contribution < -0.4 is 14.9 Å². The molecule has 2 heterocycles. The zero-order chi connectivity index (χ0) is 17.4. The van der Waals surface area contributed by atoms with Gasteiger partial charge in [-0.05, 0) is 51.4 Å². The third-order valence-electron chi connectivity index (χ3n) is 4.46. The number of ether oxygens (including phenoxy) is 2. The van der Waals surface area contributed by atoms with Crippen molar-refractivity contribution in [1.29, 1.82) is 0 Å². The summed E-state index contributed by atoms with van der Waals surface area (Å²) in [4.78, 5) is 8.10. The van der Waals surface area contributed by atoms with Crippen molar-refractivity contribution >= 4 is 12.6 Å². The minimum atomic E-state index is -0.453. The lowest BCUT2D eigenvalue weighted by Crippen LogP contribution is -2.41. The first-order chi connectivity index (χ1) is 11.3. The minimum Gasteiger partial charge on any atom is -0.493 e. The Morgan fingerprint density at radius 2 is 1.58 bits per heavy atom. The van der Waals surface area contributed by atoms with E-state index in [4.69, 9.17) is 18.8 Å². The molecule has 1 aromatic heterocycles. The Morgan fingerprint density at radius 1 is 0.958 bits per heavy atom. The molecular weight excluding hydrogens is 307 g/mol. The highest BCUT2D eigenvalue weighted by molar-refractivity contribution is 6.62. The topological polar surface area (TPSA) is 62.7 Å². The third kappa shape index (κ3) is 3.09. The van der Waals surface area contributed by atoms with Gasteiger partial charge in [-0.3, -0.25) is 0 Å². The molecule has 1 fully saturated rings. The van der Waals surface area contributed by atoms with Crippen molar-refractivity contribution in [3.8, 4) is 17.5 Å². The summed E-state index contributed by atoms with van der Waals surface area (Å²) in [5.41, 5.74) is 0.0856. The number of benzene rings is 1. The molecule has 0 N–H and O–H groups in total. The highest BCUT2D eigenvalue weighted by Crippen LogP contribution is 2.37. The van der Waals surface area contributed by atoms with Crippen LogP contribution >= 0.6 is 0 Å². The summed E-state index contributed by atoms with van der Waals surface area (Å²) in [6.45, 7) is 8.09. The van der Waals surface area contributed by atoms with Crippen molar-refractivity contribution in [3.05, 3.63) is 36.7 Å². The van der Waals surface area contributed by atoms with Crippen molar-refractivity contribution in [2.75, 3.05) is 7.11 Å². The maximum atomic E-state index is 6.06. The van der Waals surface area contributed by atoms with E-state index in [9.17, 15) is 0 Å². The van der Waals surface area contributed by atoms with Gasteiger partial charge in [-0.25, -0.2) is 9.97 Å². The maximum absolute atomic E-state index is 6.06. The van der Waals surface area contributed by atoms with Crippen LogP contribution in [0.3, 0.4) is 0 Å². The summed E-state index contributed by atoms with van der Waals surface area (Å²) >= 11 is 0. The fraction of sp³-hybridized carbons (Fsp3) is 0.412. The largest absolute Gasteiger partial charge is 0.494 e. The van der Waals surface area contributed by atoms with E-state index in [-0.39, 0.29) is 6.01 Å². The molecule has 0 saturated carbocycles. The molecule has 0 bridgehead atoms. The molecule has 0 radical (unpaired) electrons. The second-order valence-electron chi connectivity index (χ2n) is 6.63.